The van der Waals surface area contributed by atoms with E-state index >= 15 is 0 Å². The average molecular weight is 279 g/mol. The third kappa shape index (κ3) is 4.26. The number of cyclic esters (lactones) is 1. The minimum atomic E-state index is -0.533. The monoisotopic (exact) mass is 279 g/mol. The Morgan fingerprint density at radius 2 is 1.95 bits per heavy atom. The van der Waals surface area contributed by atoms with Gasteiger partial charge < -0.3 is 9.47 Å². The Hall–Kier alpha value is -2.04. The average Bonchev–Trinajstić information content (AvgIpc) is 2.93. The summed E-state index contributed by atoms with van der Waals surface area (Å²) in [6.45, 7) is 4.66. The number of nitrogens with zero attached hydrogens (tertiary/aromatic N) is 1. The molecule has 1 aromatic rings. The first-order chi connectivity index (χ1) is 9.70. The molecule has 20 heavy (non-hydrogen) atoms. The summed E-state index contributed by atoms with van der Waals surface area (Å²) in [5.74, 6) is 0.599. The van der Waals surface area contributed by atoms with Crippen molar-refractivity contribution in [2.45, 2.75) is 26.7 Å². The van der Waals surface area contributed by atoms with Gasteiger partial charge in [0.2, 0.25) is 5.91 Å². The molecule has 1 aromatic carbocycles. The van der Waals surface area contributed by atoms with Crippen molar-refractivity contribution in [1.29, 1.82) is 0 Å². The van der Waals surface area contributed by atoms with E-state index in [9.17, 15) is 9.59 Å². The van der Waals surface area contributed by atoms with E-state index < -0.39 is 6.09 Å². The van der Waals surface area contributed by atoms with Crippen LogP contribution in [0.5, 0.6) is 5.75 Å². The number of amides is 2. The molecule has 110 valence electrons. The van der Waals surface area contributed by atoms with Gasteiger partial charge in [-0.1, -0.05) is 26.0 Å². The minimum Gasteiger partial charge on any atom is -0.497 e. The van der Waals surface area contributed by atoms with E-state index in [4.69, 9.17) is 9.47 Å². The first-order valence-corrected chi connectivity index (χ1v) is 6.81. The Morgan fingerprint density at radius 3 is 2.45 bits per heavy atom. The van der Waals surface area contributed by atoms with Crippen LogP contribution in [0.25, 0.3) is 0 Å². The van der Waals surface area contributed by atoms with Crippen molar-refractivity contribution >= 4 is 12.0 Å². The molecule has 0 aromatic heterocycles. The Balaban J connectivity index is 0.000000956. The van der Waals surface area contributed by atoms with Gasteiger partial charge in [-0.25, -0.2) is 9.69 Å². The van der Waals surface area contributed by atoms with Crippen LogP contribution >= 0.6 is 0 Å². The summed E-state index contributed by atoms with van der Waals surface area (Å²) in [6.07, 6.45) is 0.378. The molecule has 0 spiro atoms. The molecule has 0 N–H and O–H groups in total. The maximum atomic E-state index is 11.8. The van der Waals surface area contributed by atoms with Gasteiger partial charge in [0.05, 0.1) is 13.7 Å². The van der Waals surface area contributed by atoms with Crippen molar-refractivity contribution in [2.24, 2.45) is 0 Å². The lowest BCUT2D eigenvalue weighted by Crippen LogP contribution is -2.31. The molecule has 1 aliphatic heterocycles. The van der Waals surface area contributed by atoms with Crippen molar-refractivity contribution in [3.8, 4) is 5.75 Å². The Kier molecular flexibility index (Phi) is 6.56. The highest BCUT2D eigenvalue weighted by Gasteiger charge is 2.27. The van der Waals surface area contributed by atoms with E-state index in [-0.39, 0.29) is 5.91 Å². The topological polar surface area (TPSA) is 55.8 Å². The second-order valence-electron chi connectivity index (χ2n) is 4.01. The number of carbonyl (C=O) groups excluding carboxylic acids is 2. The molecule has 5 nitrogen and oxygen atoms in total. The number of carbonyl (C=O) groups is 2. The summed E-state index contributed by atoms with van der Waals surface area (Å²) in [7, 11) is 1.61. The molecular weight excluding hydrogens is 258 g/mol. The summed E-state index contributed by atoms with van der Waals surface area (Å²) < 4.78 is 9.77. The fraction of sp³-hybridized carbons (Fsp3) is 0.467. The molecule has 0 atom stereocenters. The van der Waals surface area contributed by atoms with E-state index in [1.54, 1.807) is 7.11 Å². The molecule has 0 aliphatic carbocycles. The number of aryl methyl sites for hydroxylation is 1. The number of hydrogen-bond donors (Lipinski definition) is 0. The maximum absolute atomic E-state index is 11.8. The fourth-order valence-electron chi connectivity index (χ4n) is 1.80. The van der Waals surface area contributed by atoms with Gasteiger partial charge in [0.25, 0.3) is 0 Å². The van der Waals surface area contributed by atoms with Crippen LogP contribution in [0, 0.1) is 0 Å². The van der Waals surface area contributed by atoms with E-state index in [0.29, 0.717) is 26.0 Å². The predicted octanol–water partition coefficient (Wildman–Crippen LogP) is 2.63. The molecule has 2 amide bonds. The van der Waals surface area contributed by atoms with Crippen LogP contribution in [0.4, 0.5) is 4.79 Å². The van der Waals surface area contributed by atoms with Crippen LogP contribution < -0.4 is 4.74 Å². The second-order valence-corrected chi connectivity index (χ2v) is 4.01. The molecule has 0 unspecified atom stereocenters. The normalized spacial score (nSPS) is 13.3. The number of benzene rings is 1. The lowest BCUT2D eigenvalue weighted by Gasteiger charge is -2.10. The number of ether oxygens (including phenoxy) is 2. The van der Waals surface area contributed by atoms with Gasteiger partial charge in [-0.3, -0.25) is 4.79 Å². The van der Waals surface area contributed by atoms with Crippen LogP contribution in [0.3, 0.4) is 0 Å². The Morgan fingerprint density at radius 1 is 1.30 bits per heavy atom. The van der Waals surface area contributed by atoms with Crippen molar-refractivity contribution in [3.05, 3.63) is 29.8 Å². The van der Waals surface area contributed by atoms with E-state index in [1.165, 1.54) is 0 Å². The first kappa shape index (κ1) is 16.0. The zero-order chi connectivity index (χ0) is 15.0. The van der Waals surface area contributed by atoms with E-state index in [2.05, 4.69) is 0 Å². The Bertz CT molecular complexity index is 442. The molecule has 0 bridgehead atoms. The number of imide groups is 1. The summed E-state index contributed by atoms with van der Waals surface area (Å²) in [4.78, 5) is 24.1. The minimum absolute atomic E-state index is 0.187. The highest BCUT2D eigenvalue weighted by Crippen LogP contribution is 2.14. The zero-order valence-corrected chi connectivity index (χ0v) is 12.2. The fourth-order valence-corrected chi connectivity index (χ4v) is 1.80. The molecule has 0 radical (unpaired) electrons. The van der Waals surface area contributed by atoms with Gasteiger partial charge in [-0.05, 0) is 24.1 Å². The summed E-state index contributed by atoms with van der Waals surface area (Å²) >= 11 is 0. The van der Waals surface area contributed by atoms with Crippen molar-refractivity contribution in [2.75, 3.05) is 20.3 Å². The summed E-state index contributed by atoms with van der Waals surface area (Å²) in [6, 6.07) is 7.52. The van der Waals surface area contributed by atoms with Crippen molar-refractivity contribution in [1.82, 2.24) is 4.90 Å². The number of methoxy groups -OCH3 is 1. The lowest BCUT2D eigenvalue weighted by molar-refractivity contribution is -0.127. The standard InChI is InChI=1S/C13H15NO4.C2H6/c1-17-11-5-2-10(3-6-11)4-7-12(15)14-8-9-18-13(14)16;1-2/h2-3,5-6H,4,7-9H2,1H3;1-2H3. The molecular formula is C15H21NO4. The molecule has 1 fully saturated rings. The molecule has 1 aliphatic rings. The van der Waals surface area contributed by atoms with Gasteiger partial charge in [0.15, 0.2) is 0 Å². The van der Waals surface area contributed by atoms with Crippen LogP contribution in [0.1, 0.15) is 25.8 Å². The second kappa shape index (κ2) is 8.19. The number of hydrogen-bond acceptors (Lipinski definition) is 4. The summed E-state index contributed by atoms with van der Waals surface area (Å²) in [5, 5.41) is 0. The van der Waals surface area contributed by atoms with Gasteiger partial charge in [-0.2, -0.15) is 0 Å². The molecule has 2 rings (SSSR count). The Labute approximate surface area is 119 Å². The van der Waals surface area contributed by atoms with Crippen LogP contribution in [0.15, 0.2) is 24.3 Å². The van der Waals surface area contributed by atoms with Gasteiger partial charge in [0.1, 0.15) is 12.4 Å². The molecule has 0 saturated carbocycles. The van der Waals surface area contributed by atoms with E-state index in [1.807, 2.05) is 38.1 Å². The highest BCUT2D eigenvalue weighted by atomic mass is 16.6. The molecule has 5 heteroatoms. The smallest absolute Gasteiger partial charge is 0.416 e. The third-order valence-corrected chi connectivity index (χ3v) is 2.85. The first-order valence-electron chi connectivity index (χ1n) is 6.81. The lowest BCUT2D eigenvalue weighted by atomic mass is 10.1. The van der Waals surface area contributed by atoms with Crippen molar-refractivity contribution < 1.29 is 19.1 Å². The summed E-state index contributed by atoms with van der Waals surface area (Å²) in [5.41, 5.74) is 1.04. The van der Waals surface area contributed by atoms with Crippen LogP contribution in [0.2, 0.25) is 0 Å². The van der Waals surface area contributed by atoms with E-state index in [0.717, 1.165) is 16.2 Å². The molecule has 1 heterocycles. The van der Waals surface area contributed by atoms with Crippen LogP contribution in [-0.2, 0) is 16.0 Å². The van der Waals surface area contributed by atoms with Gasteiger partial charge in [-0.15, -0.1) is 0 Å². The van der Waals surface area contributed by atoms with Gasteiger partial charge >= 0.3 is 6.09 Å². The predicted molar refractivity (Wildman–Crippen MR) is 75.7 cm³/mol. The SMILES string of the molecule is CC.COc1ccc(CCC(=O)N2CCOC2=O)cc1. The largest absolute Gasteiger partial charge is 0.497 e. The number of rotatable bonds is 4. The van der Waals surface area contributed by atoms with Crippen molar-refractivity contribution in [3.63, 3.8) is 0 Å². The third-order valence-electron chi connectivity index (χ3n) is 2.85. The van der Waals surface area contributed by atoms with Gasteiger partial charge in [0, 0.05) is 6.42 Å². The van der Waals surface area contributed by atoms with Crippen LogP contribution in [-0.4, -0.2) is 37.2 Å². The quantitative estimate of drug-likeness (QED) is 0.850. The highest BCUT2D eigenvalue weighted by molar-refractivity contribution is 5.92. The maximum Gasteiger partial charge on any atom is 0.416 e. The zero-order valence-electron chi connectivity index (χ0n) is 12.2. The molecule has 1 saturated heterocycles.